The van der Waals surface area contributed by atoms with Crippen LogP contribution < -0.4 is 15.8 Å². The first kappa shape index (κ1) is 14.0. The van der Waals surface area contributed by atoms with E-state index in [0.29, 0.717) is 18.5 Å². The lowest BCUT2D eigenvalue weighted by Gasteiger charge is -2.06. The zero-order valence-corrected chi connectivity index (χ0v) is 11.3. The normalized spacial score (nSPS) is 14.2. The highest BCUT2D eigenvalue weighted by Gasteiger charge is 2.13. The Bertz CT molecular complexity index is 584. The van der Waals surface area contributed by atoms with Gasteiger partial charge in [0.25, 0.3) is 5.91 Å². The second kappa shape index (κ2) is 5.68. The van der Waals surface area contributed by atoms with Crippen molar-refractivity contribution in [3.05, 3.63) is 34.9 Å². The molecule has 6 nitrogen and oxygen atoms in total. The van der Waals surface area contributed by atoms with Gasteiger partial charge in [0.1, 0.15) is 0 Å². The van der Waals surface area contributed by atoms with Crippen LogP contribution in [0.5, 0.6) is 0 Å². The van der Waals surface area contributed by atoms with E-state index in [9.17, 15) is 13.2 Å². The van der Waals surface area contributed by atoms with Crippen molar-refractivity contribution in [1.82, 2.24) is 10.6 Å². The molecule has 0 saturated heterocycles. The Morgan fingerprint density at radius 3 is 2.79 bits per heavy atom. The summed E-state index contributed by atoms with van der Waals surface area (Å²) in [4.78, 5) is 11.9. The highest BCUT2D eigenvalue weighted by molar-refractivity contribution is 7.89. The Labute approximate surface area is 112 Å². The molecular weight excluding hydrogens is 266 g/mol. The first-order valence-corrected chi connectivity index (χ1v) is 7.78. The molecule has 0 radical (unpaired) electrons. The smallest absolute Gasteiger partial charge is 0.251 e. The van der Waals surface area contributed by atoms with E-state index in [4.69, 9.17) is 5.14 Å². The predicted octanol–water partition coefficient (Wildman–Crippen LogP) is -0.302. The van der Waals surface area contributed by atoms with Gasteiger partial charge in [0.2, 0.25) is 10.0 Å². The van der Waals surface area contributed by atoms with E-state index in [1.54, 1.807) is 6.07 Å². The average Bonchev–Trinajstić information content (AvgIpc) is 2.80. The minimum Gasteiger partial charge on any atom is -0.352 e. The Balaban J connectivity index is 1.87. The lowest BCUT2D eigenvalue weighted by atomic mass is 10.1. The van der Waals surface area contributed by atoms with Crippen molar-refractivity contribution in [2.24, 2.45) is 5.14 Å². The fourth-order valence-electron chi connectivity index (χ4n) is 2.01. The van der Waals surface area contributed by atoms with Gasteiger partial charge in [-0.3, -0.25) is 4.79 Å². The van der Waals surface area contributed by atoms with Gasteiger partial charge < -0.3 is 10.6 Å². The summed E-state index contributed by atoms with van der Waals surface area (Å²) < 4.78 is 21.5. The molecule has 1 aliphatic rings. The molecule has 7 heteroatoms. The summed E-state index contributed by atoms with van der Waals surface area (Å²) in [5.41, 5.74) is 2.95. The van der Waals surface area contributed by atoms with Gasteiger partial charge in [0.05, 0.1) is 5.75 Å². The minimum absolute atomic E-state index is 0.124. The highest BCUT2D eigenvalue weighted by atomic mass is 32.2. The average molecular weight is 283 g/mol. The molecule has 1 aromatic carbocycles. The zero-order valence-electron chi connectivity index (χ0n) is 10.5. The molecular formula is C12H17N3O3S. The van der Waals surface area contributed by atoms with Crippen LogP contribution in [-0.4, -0.2) is 26.6 Å². The van der Waals surface area contributed by atoms with E-state index in [-0.39, 0.29) is 11.7 Å². The van der Waals surface area contributed by atoms with Crippen molar-refractivity contribution in [2.45, 2.75) is 19.5 Å². The minimum atomic E-state index is -3.45. The Morgan fingerprint density at radius 1 is 1.32 bits per heavy atom. The standard InChI is InChI=1S/C12H17N3O3S/c13-19(17,18)5-1-4-15-12(16)9-2-3-10-7-14-8-11(10)6-9/h2-3,6,14H,1,4-5,7-8H2,(H,15,16)(H2,13,17,18). The molecule has 0 saturated carbocycles. The van der Waals surface area contributed by atoms with Gasteiger partial charge in [0, 0.05) is 25.2 Å². The topological polar surface area (TPSA) is 101 Å². The van der Waals surface area contributed by atoms with Crippen LogP contribution in [-0.2, 0) is 23.1 Å². The van der Waals surface area contributed by atoms with Crippen LogP contribution in [0.25, 0.3) is 0 Å². The Hall–Kier alpha value is -1.44. The van der Waals surface area contributed by atoms with Crippen molar-refractivity contribution in [1.29, 1.82) is 0 Å². The summed E-state index contributed by atoms with van der Waals surface area (Å²) in [7, 11) is -3.45. The number of rotatable bonds is 5. The molecule has 1 amide bonds. The number of carbonyl (C=O) groups is 1. The van der Waals surface area contributed by atoms with E-state index in [2.05, 4.69) is 10.6 Å². The molecule has 0 fully saturated rings. The SMILES string of the molecule is NS(=O)(=O)CCCNC(=O)c1ccc2c(c1)CNC2. The third-order valence-corrected chi connectivity index (χ3v) is 3.85. The van der Waals surface area contributed by atoms with Gasteiger partial charge in [-0.05, 0) is 29.7 Å². The lowest BCUT2D eigenvalue weighted by Crippen LogP contribution is -2.27. The van der Waals surface area contributed by atoms with Crippen molar-refractivity contribution in [3.8, 4) is 0 Å². The maximum absolute atomic E-state index is 11.9. The first-order valence-electron chi connectivity index (χ1n) is 6.07. The van der Waals surface area contributed by atoms with Crippen LogP contribution in [0.1, 0.15) is 27.9 Å². The molecule has 0 bridgehead atoms. The van der Waals surface area contributed by atoms with Gasteiger partial charge >= 0.3 is 0 Å². The number of primary sulfonamides is 1. The van der Waals surface area contributed by atoms with Crippen LogP contribution >= 0.6 is 0 Å². The zero-order chi connectivity index (χ0) is 13.9. The van der Waals surface area contributed by atoms with Crippen molar-refractivity contribution < 1.29 is 13.2 Å². The molecule has 1 aromatic rings. The number of hydrogen-bond donors (Lipinski definition) is 3. The molecule has 0 spiro atoms. The molecule has 1 aliphatic heterocycles. The predicted molar refractivity (Wildman–Crippen MR) is 71.9 cm³/mol. The lowest BCUT2D eigenvalue weighted by molar-refractivity contribution is 0.0953. The summed E-state index contributed by atoms with van der Waals surface area (Å²) in [6, 6.07) is 5.58. The van der Waals surface area contributed by atoms with Crippen molar-refractivity contribution >= 4 is 15.9 Å². The van der Waals surface area contributed by atoms with Crippen LogP contribution in [0.4, 0.5) is 0 Å². The number of sulfonamides is 1. The van der Waals surface area contributed by atoms with Crippen LogP contribution in [0.3, 0.4) is 0 Å². The molecule has 1 heterocycles. The maximum Gasteiger partial charge on any atom is 0.251 e. The van der Waals surface area contributed by atoms with Gasteiger partial charge in [-0.1, -0.05) is 6.07 Å². The molecule has 104 valence electrons. The molecule has 2 rings (SSSR count). The van der Waals surface area contributed by atoms with Crippen LogP contribution in [0, 0.1) is 0 Å². The molecule has 4 N–H and O–H groups in total. The summed E-state index contributed by atoms with van der Waals surface area (Å²) in [6.07, 6.45) is 0.317. The molecule has 0 unspecified atom stereocenters. The van der Waals surface area contributed by atoms with E-state index in [1.165, 1.54) is 5.56 Å². The maximum atomic E-state index is 11.9. The largest absolute Gasteiger partial charge is 0.352 e. The van der Waals surface area contributed by atoms with Gasteiger partial charge in [-0.15, -0.1) is 0 Å². The third-order valence-electron chi connectivity index (χ3n) is 2.99. The van der Waals surface area contributed by atoms with Gasteiger partial charge in [0.15, 0.2) is 0 Å². The van der Waals surface area contributed by atoms with Crippen LogP contribution in [0.15, 0.2) is 18.2 Å². The molecule has 0 aliphatic carbocycles. The number of benzene rings is 1. The highest BCUT2D eigenvalue weighted by Crippen LogP contribution is 2.16. The quantitative estimate of drug-likeness (QED) is 0.646. The fraction of sp³-hybridized carbons (Fsp3) is 0.417. The van der Waals surface area contributed by atoms with Gasteiger partial charge in [-0.2, -0.15) is 0 Å². The molecule has 0 atom stereocenters. The number of amides is 1. The fourth-order valence-corrected chi connectivity index (χ4v) is 2.56. The Kier molecular flexibility index (Phi) is 4.18. The van der Waals surface area contributed by atoms with E-state index in [0.717, 1.165) is 18.7 Å². The second-order valence-corrected chi connectivity index (χ2v) is 6.30. The second-order valence-electron chi connectivity index (χ2n) is 4.56. The van der Waals surface area contributed by atoms with Crippen LogP contribution in [0.2, 0.25) is 0 Å². The Morgan fingerprint density at radius 2 is 2.05 bits per heavy atom. The summed E-state index contributed by atoms with van der Waals surface area (Å²) >= 11 is 0. The first-order chi connectivity index (χ1) is 8.96. The summed E-state index contributed by atoms with van der Waals surface area (Å²) in [5.74, 6) is -0.314. The summed E-state index contributed by atoms with van der Waals surface area (Å²) in [5, 5.41) is 10.8. The van der Waals surface area contributed by atoms with Gasteiger partial charge in [-0.25, -0.2) is 13.6 Å². The van der Waals surface area contributed by atoms with E-state index in [1.807, 2.05) is 12.1 Å². The number of nitrogens with two attached hydrogens (primary N) is 1. The molecule has 19 heavy (non-hydrogen) atoms. The van der Waals surface area contributed by atoms with Crippen molar-refractivity contribution in [2.75, 3.05) is 12.3 Å². The van der Waals surface area contributed by atoms with Crippen molar-refractivity contribution in [3.63, 3.8) is 0 Å². The number of fused-ring (bicyclic) bond motifs is 1. The number of hydrogen-bond acceptors (Lipinski definition) is 4. The number of carbonyl (C=O) groups excluding carboxylic acids is 1. The third kappa shape index (κ3) is 4.02. The number of nitrogens with one attached hydrogen (secondary N) is 2. The molecule has 0 aromatic heterocycles. The van der Waals surface area contributed by atoms with E-state index >= 15 is 0 Å². The summed E-state index contributed by atoms with van der Waals surface area (Å²) in [6.45, 7) is 1.91. The van der Waals surface area contributed by atoms with E-state index < -0.39 is 10.0 Å². The monoisotopic (exact) mass is 283 g/mol.